The highest BCUT2D eigenvalue weighted by Gasteiger charge is 2.33. The molecule has 3 nitrogen and oxygen atoms in total. The minimum absolute atomic E-state index is 0.0414. The lowest BCUT2D eigenvalue weighted by Gasteiger charge is -2.32. The van der Waals surface area contributed by atoms with Gasteiger partial charge in [-0.15, -0.1) is 0 Å². The van der Waals surface area contributed by atoms with Crippen LogP contribution in [-0.4, -0.2) is 29.4 Å². The van der Waals surface area contributed by atoms with Crippen molar-refractivity contribution in [2.45, 2.75) is 37.8 Å². The van der Waals surface area contributed by atoms with Crippen molar-refractivity contribution in [2.75, 3.05) is 6.54 Å². The van der Waals surface area contributed by atoms with Crippen LogP contribution < -0.4 is 5.73 Å². The normalized spacial score (nSPS) is 28.3. The Bertz CT molecular complexity index is 444. The predicted octanol–water partition coefficient (Wildman–Crippen LogP) is 1.10. The second-order valence-corrected chi connectivity index (χ2v) is 5.18. The predicted molar refractivity (Wildman–Crippen MR) is 66.6 cm³/mol. The summed E-state index contributed by atoms with van der Waals surface area (Å²) < 4.78 is 0. The molecule has 1 fully saturated rings. The van der Waals surface area contributed by atoms with E-state index in [0.29, 0.717) is 12.5 Å². The number of nitrogens with zero attached hydrogens (tertiary/aromatic N) is 1. The fourth-order valence-electron chi connectivity index (χ4n) is 3.06. The molecule has 1 saturated heterocycles. The average molecular weight is 230 g/mol. The molecule has 3 rings (SSSR count). The van der Waals surface area contributed by atoms with Crippen molar-refractivity contribution in [1.29, 1.82) is 0 Å². The van der Waals surface area contributed by atoms with Gasteiger partial charge in [-0.1, -0.05) is 24.3 Å². The van der Waals surface area contributed by atoms with Crippen LogP contribution >= 0.6 is 0 Å². The molecule has 3 heteroatoms. The number of aryl methyl sites for hydroxylation is 1. The summed E-state index contributed by atoms with van der Waals surface area (Å²) in [5.74, 6) is 0.238. The fourth-order valence-corrected chi connectivity index (χ4v) is 3.06. The van der Waals surface area contributed by atoms with Crippen molar-refractivity contribution >= 4 is 5.91 Å². The number of likely N-dealkylation sites (tertiary alicyclic amines) is 1. The summed E-state index contributed by atoms with van der Waals surface area (Å²) in [6.45, 7) is 0.742. The molecule has 1 aliphatic heterocycles. The minimum atomic E-state index is 0.0414. The molecule has 1 heterocycles. The molecule has 2 aliphatic rings. The standard InChI is InChI=1S/C14H18N2O/c15-12-8-14(17)16(9-12)13-6-5-10-3-1-2-4-11(10)7-13/h1-4,12-13H,5-9,15H2. The van der Waals surface area contributed by atoms with Crippen LogP contribution in [0.2, 0.25) is 0 Å². The summed E-state index contributed by atoms with van der Waals surface area (Å²) in [5.41, 5.74) is 8.70. The minimum Gasteiger partial charge on any atom is -0.338 e. The van der Waals surface area contributed by atoms with Gasteiger partial charge in [-0.25, -0.2) is 0 Å². The molecule has 2 atom stereocenters. The van der Waals surface area contributed by atoms with Crippen LogP contribution in [-0.2, 0) is 17.6 Å². The van der Waals surface area contributed by atoms with E-state index in [2.05, 4.69) is 24.3 Å². The molecule has 0 radical (unpaired) electrons. The summed E-state index contributed by atoms with van der Waals surface area (Å²) in [6.07, 6.45) is 3.68. The Labute approximate surface area is 102 Å². The quantitative estimate of drug-likeness (QED) is 0.785. The Balaban J connectivity index is 1.78. The van der Waals surface area contributed by atoms with Gasteiger partial charge in [0.2, 0.25) is 5.91 Å². The van der Waals surface area contributed by atoms with Crippen LogP contribution in [0, 0.1) is 0 Å². The first-order valence-electron chi connectivity index (χ1n) is 6.36. The van der Waals surface area contributed by atoms with Crippen LogP contribution in [0.4, 0.5) is 0 Å². The summed E-state index contributed by atoms with van der Waals surface area (Å²) in [7, 11) is 0. The molecule has 0 saturated carbocycles. The van der Waals surface area contributed by atoms with Crippen molar-refractivity contribution in [3.63, 3.8) is 0 Å². The van der Waals surface area contributed by atoms with Gasteiger partial charge in [0.25, 0.3) is 0 Å². The third-order valence-electron chi connectivity index (χ3n) is 3.95. The maximum absolute atomic E-state index is 11.8. The number of nitrogens with two attached hydrogens (primary N) is 1. The lowest BCUT2D eigenvalue weighted by Crippen LogP contribution is -2.41. The molecule has 1 aromatic carbocycles. The zero-order chi connectivity index (χ0) is 11.8. The fraction of sp³-hybridized carbons (Fsp3) is 0.500. The number of amides is 1. The summed E-state index contributed by atoms with van der Waals surface area (Å²) >= 11 is 0. The number of carbonyl (C=O) groups excluding carboxylic acids is 1. The first kappa shape index (κ1) is 10.8. The van der Waals surface area contributed by atoms with Gasteiger partial charge >= 0.3 is 0 Å². The van der Waals surface area contributed by atoms with Crippen LogP contribution in [0.25, 0.3) is 0 Å². The van der Waals surface area contributed by atoms with Gasteiger partial charge in [0.05, 0.1) is 0 Å². The first-order valence-corrected chi connectivity index (χ1v) is 6.36. The number of benzene rings is 1. The van der Waals surface area contributed by atoms with Crippen molar-refractivity contribution in [2.24, 2.45) is 5.73 Å². The van der Waals surface area contributed by atoms with E-state index in [-0.39, 0.29) is 11.9 Å². The second-order valence-electron chi connectivity index (χ2n) is 5.18. The highest BCUT2D eigenvalue weighted by molar-refractivity contribution is 5.79. The topological polar surface area (TPSA) is 46.3 Å². The van der Waals surface area contributed by atoms with Gasteiger partial charge in [0, 0.05) is 25.0 Å². The van der Waals surface area contributed by atoms with Gasteiger partial charge in [0.15, 0.2) is 0 Å². The van der Waals surface area contributed by atoms with E-state index in [1.54, 1.807) is 0 Å². The van der Waals surface area contributed by atoms with Crippen LogP contribution in [0.15, 0.2) is 24.3 Å². The largest absolute Gasteiger partial charge is 0.338 e. The Hall–Kier alpha value is -1.35. The number of rotatable bonds is 1. The molecule has 1 aromatic rings. The Morgan fingerprint density at radius 2 is 1.94 bits per heavy atom. The molecule has 1 amide bonds. The summed E-state index contributed by atoms with van der Waals surface area (Å²) in [6, 6.07) is 8.96. The SMILES string of the molecule is NC1CC(=O)N(C2CCc3ccccc3C2)C1. The molecule has 17 heavy (non-hydrogen) atoms. The van der Waals surface area contributed by atoms with E-state index in [0.717, 1.165) is 25.8 Å². The Morgan fingerprint density at radius 3 is 2.65 bits per heavy atom. The molecule has 0 spiro atoms. The van der Waals surface area contributed by atoms with E-state index < -0.39 is 0 Å². The van der Waals surface area contributed by atoms with E-state index >= 15 is 0 Å². The van der Waals surface area contributed by atoms with Crippen LogP contribution in [0.3, 0.4) is 0 Å². The average Bonchev–Trinajstić information content (AvgIpc) is 2.68. The zero-order valence-electron chi connectivity index (χ0n) is 9.93. The van der Waals surface area contributed by atoms with Gasteiger partial charge in [-0.2, -0.15) is 0 Å². The number of carbonyl (C=O) groups is 1. The number of fused-ring (bicyclic) bond motifs is 1. The lowest BCUT2D eigenvalue weighted by atomic mass is 9.87. The van der Waals surface area contributed by atoms with Gasteiger partial charge in [-0.05, 0) is 30.4 Å². The molecule has 2 unspecified atom stereocenters. The molecular formula is C14H18N2O. The highest BCUT2D eigenvalue weighted by atomic mass is 16.2. The maximum Gasteiger partial charge on any atom is 0.224 e. The third kappa shape index (κ3) is 1.95. The summed E-state index contributed by atoms with van der Waals surface area (Å²) in [4.78, 5) is 13.8. The number of hydrogen-bond donors (Lipinski definition) is 1. The van der Waals surface area contributed by atoms with Crippen molar-refractivity contribution in [1.82, 2.24) is 4.90 Å². The monoisotopic (exact) mass is 230 g/mol. The molecule has 1 aliphatic carbocycles. The maximum atomic E-state index is 11.8. The molecule has 0 bridgehead atoms. The van der Waals surface area contributed by atoms with Crippen LogP contribution in [0.1, 0.15) is 24.0 Å². The first-order chi connectivity index (χ1) is 8.24. The van der Waals surface area contributed by atoms with E-state index in [1.807, 2.05) is 4.90 Å². The summed E-state index contributed by atoms with van der Waals surface area (Å²) in [5, 5.41) is 0. The van der Waals surface area contributed by atoms with E-state index in [4.69, 9.17) is 5.73 Å². The molecule has 2 N–H and O–H groups in total. The van der Waals surface area contributed by atoms with Crippen molar-refractivity contribution < 1.29 is 4.79 Å². The molecule has 90 valence electrons. The Morgan fingerprint density at radius 1 is 1.18 bits per heavy atom. The van der Waals surface area contributed by atoms with Crippen LogP contribution in [0.5, 0.6) is 0 Å². The molecule has 0 aromatic heterocycles. The van der Waals surface area contributed by atoms with E-state index in [9.17, 15) is 4.79 Å². The number of hydrogen-bond acceptors (Lipinski definition) is 2. The van der Waals surface area contributed by atoms with Gasteiger partial charge in [-0.3, -0.25) is 4.79 Å². The van der Waals surface area contributed by atoms with Crippen molar-refractivity contribution in [3.05, 3.63) is 35.4 Å². The second kappa shape index (κ2) is 4.15. The lowest BCUT2D eigenvalue weighted by molar-refractivity contribution is -0.129. The highest BCUT2D eigenvalue weighted by Crippen LogP contribution is 2.26. The zero-order valence-corrected chi connectivity index (χ0v) is 9.93. The van der Waals surface area contributed by atoms with Gasteiger partial charge in [0.1, 0.15) is 0 Å². The smallest absolute Gasteiger partial charge is 0.224 e. The molecular weight excluding hydrogens is 212 g/mol. The van der Waals surface area contributed by atoms with Crippen molar-refractivity contribution in [3.8, 4) is 0 Å². The van der Waals surface area contributed by atoms with E-state index in [1.165, 1.54) is 11.1 Å². The Kier molecular flexibility index (Phi) is 2.63. The third-order valence-corrected chi connectivity index (χ3v) is 3.95. The van der Waals surface area contributed by atoms with Gasteiger partial charge < -0.3 is 10.6 Å².